The molecule has 1 amide bonds. The number of hydrogen-bond acceptors (Lipinski definition) is 6. The Labute approximate surface area is 158 Å². The lowest BCUT2D eigenvalue weighted by Gasteiger charge is -2.43. The molecule has 0 aromatic carbocycles. The van der Waals surface area contributed by atoms with Gasteiger partial charge in [0.1, 0.15) is 0 Å². The third-order valence-electron chi connectivity index (χ3n) is 5.11. The fourth-order valence-corrected chi connectivity index (χ4v) is 3.76. The molecule has 2 aromatic rings. The van der Waals surface area contributed by atoms with E-state index in [2.05, 4.69) is 14.9 Å². The molecular weight excluding hydrogens is 344 g/mol. The summed E-state index contributed by atoms with van der Waals surface area (Å²) in [6.07, 6.45) is 6.78. The minimum atomic E-state index is -0.170. The third kappa shape index (κ3) is 4.16. The monoisotopic (exact) mass is 368 g/mol. The molecule has 2 saturated heterocycles. The standard InChI is InChI=1S/C20H24N4O3/c25-20(16-3-6-21-7-4-16)24-10-13-27-18(15-23-8-11-26-12-9-23)19(24)17-2-1-5-22-14-17/h1-7,14,18-19H,8-13,15H2/t18-,19-/m0/s1. The number of nitrogens with zero attached hydrogens (tertiary/aromatic N) is 4. The van der Waals surface area contributed by atoms with Crippen LogP contribution in [-0.4, -0.2) is 77.8 Å². The van der Waals surface area contributed by atoms with Gasteiger partial charge >= 0.3 is 0 Å². The average molecular weight is 368 g/mol. The molecule has 142 valence electrons. The van der Waals surface area contributed by atoms with Crippen LogP contribution in [0, 0.1) is 0 Å². The Morgan fingerprint density at radius 2 is 1.85 bits per heavy atom. The summed E-state index contributed by atoms with van der Waals surface area (Å²) in [7, 11) is 0. The van der Waals surface area contributed by atoms with Gasteiger partial charge in [0.2, 0.25) is 0 Å². The Balaban J connectivity index is 1.61. The minimum Gasteiger partial charge on any atom is -0.379 e. The molecule has 0 unspecified atom stereocenters. The maximum Gasteiger partial charge on any atom is 0.254 e. The fraction of sp³-hybridized carbons (Fsp3) is 0.450. The smallest absolute Gasteiger partial charge is 0.254 e. The first-order valence-electron chi connectivity index (χ1n) is 9.35. The van der Waals surface area contributed by atoms with E-state index in [1.165, 1.54) is 0 Å². The predicted molar refractivity (Wildman–Crippen MR) is 99.3 cm³/mol. The number of carbonyl (C=O) groups excluding carboxylic acids is 1. The van der Waals surface area contributed by atoms with Gasteiger partial charge in [0.25, 0.3) is 5.91 Å². The maximum atomic E-state index is 13.2. The Kier molecular flexibility index (Phi) is 5.72. The number of hydrogen-bond donors (Lipinski definition) is 0. The molecule has 2 aliphatic rings. The zero-order valence-electron chi connectivity index (χ0n) is 15.2. The van der Waals surface area contributed by atoms with E-state index in [4.69, 9.17) is 9.47 Å². The molecule has 7 nitrogen and oxygen atoms in total. The van der Waals surface area contributed by atoms with E-state index in [0.29, 0.717) is 18.7 Å². The summed E-state index contributed by atoms with van der Waals surface area (Å²) >= 11 is 0. The molecule has 0 N–H and O–H groups in total. The second kappa shape index (κ2) is 8.56. The molecule has 7 heteroatoms. The molecule has 4 rings (SSSR count). The first-order valence-corrected chi connectivity index (χ1v) is 9.35. The van der Waals surface area contributed by atoms with Crippen molar-refractivity contribution in [3.63, 3.8) is 0 Å². The van der Waals surface area contributed by atoms with Crippen LogP contribution < -0.4 is 0 Å². The molecule has 0 bridgehead atoms. The zero-order chi connectivity index (χ0) is 18.5. The number of morpholine rings is 2. The number of rotatable bonds is 4. The van der Waals surface area contributed by atoms with Gasteiger partial charge in [-0.1, -0.05) is 6.07 Å². The highest BCUT2D eigenvalue weighted by atomic mass is 16.5. The zero-order valence-corrected chi connectivity index (χ0v) is 15.2. The number of aromatic nitrogens is 2. The Bertz CT molecular complexity index is 737. The molecule has 0 saturated carbocycles. The summed E-state index contributed by atoms with van der Waals surface area (Å²) < 4.78 is 11.6. The lowest BCUT2D eigenvalue weighted by atomic mass is 9.97. The molecule has 0 spiro atoms. The van der Waals surface area contributed by atoms with Crippen LogP contribution in [0.5, 0.6) is 0 Å². The fourth-order valence-electron chi connectivity index (χ4n) is 3.76. The van der Waals surface area contributed by atoms with E-state index in [1.807, 2.05) is 23.2 Å². The molecule has 2 atom stereocenters. The second-order valence-corrected chi connectivity index (χ2v) is 6.79. The molecule has 2 aliphatic heterocycles. The quantitative estimate of drug-likeness (QED) is 0.813. The van der Waals surface area contributed by atoms with Crippen molar-refractivity contribution in [2.24, 2.45) is 0 Å². The molecule has 0 aliphatic carbocycles. The summed E-state index contributed by atoms with van der Waals surface area (Å²) in [5, 5.41) is 0. The largest absolute Gasteiger partial charge is 0.379 e. The summed E-state index contributed by atoms with van der Waals surface area (Å²) in [5.41, 5.74) is 1.64. The van der Waals surface area contributed by atoms with E-state index >= 15 is 0 Å². The third-order valence-corrected chi connectivity index (χ3v) is 5.11. The minimum absolute atomic E-state index is 0.00142. The van der Waals surface area contributed by atoms with Crippen molar-refractivity contribution >= 4 is 5.91 Å². The van der Waals surface area contributed by atoms with E-state index < -0.39 is 0 Å². The SMILES string of the molecule is O=C(c1ccncc1)N1CCO[C@@H](CN2CCOCC2)[C@@H]1c1cccnc1. The molecule has 2 fully saturated rings. The van der Waals surface area contributed by atoms with Crippen LogP contribution in [0.25, 0.3) is 0 Å². The Morgan fingerprint density at radius 3 is 2.59 bits per heavy atom. The first kappa shape index (κ1) is 18.0. The van der Waals surface area contributed by atoms with Gasteiger partial charge in [-0.2, -0.15) is 0 Å². The predicted octanol–water partition coefficient (Wildman–Crippen LogP) is 1.39. The molecule has 0 radical (unpaired) electrons. The average Bonchev–Trinajstić information content (AvgIpc) is 2.75. The van der Waals surface area contributed by atoms with E-state index in [9.17, 15) is 4.79 Å². The lowest BCUT2D eigenvalue weighted by Crippen LogP contribution is -2.53. The summed E-state index contributed by atoms with van der Waals surface area (Å²) in [6.45, 7) is 5.11. The molecule has 27 heavy (non-hydrogen) atoms. The number of ether oxygens (including phenoxy) is 2. The summed E-state index contributed by atoms with van der Waals surface area (Å²) in [6, 6.07) is 7.27. The van der Waals surface area contributed by atoms with Crippen molar-refractivity contribution in [1.29, 1.82) is 0 Å². The van der Waals surface area contributed by atoms with Crippen molar-refractivity contribution in [3.8, 4) is 0 Å². The maximum absolute atomic E-state index is 13.2. The van der Waals surface area contributed by atoms with E-state index in [0.717, 1.165) is 38.4 Å². The van der Waals surface area contributed by atoms with Crippen molar-refractivity contribution in [2.75, 3.05) is 46.0 Å². The van der Waals surface area contributed by atoms with E-state index in [-0.39, 0.29) is 18.1 Å². The van der Waals surface area contributed by atoms with Gasteiger partial charge < -0.3 is 14.4 Å². The highest BCUT2D eigenvalue weighted by Gasteiger charge is 2.38. The number of carbonyl (C=O) groups is 1. The van der Waals surface area contributed by atoms with Crippen LogP contribution in [0.15, 0.2) is 49.1 Å². The van der Waals surface area contributed by atoms with Gasteiger partial charge in [0.15, 0.2) is 0 Å². The molecule has 2 aromatic heterocycles. The van der Waals surface area contributed by atoms with Crippen LogP contribution in [0.3, 0.4) is 0 Å². The summed E-state index contributed by atoms with van der Waals surface area (Å²) in [4.78, 5) is 25.8. The van der Waals surface area contributed by atoms with Crippen LogP contribution in [0.4, 0.5) is 0 Å². The van der Waals surface area contributed by atoms with Gasteiger partial charge in [0.05, 0.1) is 32.0 Å². The van der Waals surface area contributed by atoms with Gasteiger partial charge in [-0.25, -0.2) is 0 Å². The highest BCUT2D eigenvalue weighted by molar-refractivity contribution is 5.94. The number of pyridine rings is 2. The van der Waals surface area contributed by atoms with Crippen molar-refractivity contribution in [3.05, 3.63) is 60.2 Å². The summed E-state index contributed by atoms with van der Waals surface area (Å²) in [5.74, 6) is 0.00142. The van der Waals surface area contributed by atoms with Crippen molar-refractivity contribution in [1.82, 2.24) is 19.8 Å². The van der Waals surface area contributed by atoms with E-state index in [1.54, 1.807) is 30.7 Å². The van der Waals surface area contributed by atoms with Gasteiger partial charge in [-0.05, 0) is 23.8 Å². The Hall–Kier alpha value is -2.35. The molecule has 4 heterocycles. The van der Waals surface area contributed by atoms with Crippen LogP contribution >= 0.6 is 0 Å². The van der Waals surface area contributed by atoms with Gasteiger partial charge in [-0.3, -0.25) is 19.7 Å². The van der Waals surface area contributed by atoms with Crippen LogP contribution in [0.2, 0.25) is 0 Å². The van der Waals surface area contributed by atoms with Crippen LogP contribution in [0.1, 0.15) is 22.0 Å². The lowest BCUT2D eigenvalue weighted by molar-refractivity contribution is -0.0819. The second-order valence-electron chi connectivity index (χ2n) is 6.79. The van der Waals surface area contributed by atoms with Crippen molar-refractivity contribution in [2.45, 2.75) is 12.1 Å². The van der Waals surface area contributed by atoms with Gasteiger partial charge in [0, 0.05) is 56.5 Å². The molecular formula is C20H24N4O3. The van der Waals surface area contributed by atoms with Crippen LogP contribution in [-0.2, 0) is 9.47 Å². The first-order chi connectivity index (χ1) is 13.3. The topological polar surface area (TPSA) is 67.8 Å². The normalized spacial score (nSPS) is 23.9. The Morgan fingerprint density at radius 1 is 1.04 bits per heavy atom. The number of amides is 1. The van der Waals surface area contributed by atoms with Crippen molar-refractivity contribution < 1.29 is 14.3 Å². The van der Waals surface area contributed by atoms with Gasteiger partial charge in [-0.15, -0.1) is 0 Å². The highest BCUT2D eigenvalue weighted by Crippen LogP contribution is 2.31.